The molecule has 0 aliphatic carbocycles. The Hall–Kier alpha value is -1.49. The van der Waals surface area contributed by atoms with Crippen LogP contribution in [-0.4, -0.2) is 13.1 Å². The smallest absolute Gasteiger partial charge is 0.416 e. The van der Waals surface area contributed by atoms with Gasteiger partial charge in [-0.1, -0.05) is 6.07 Å². The lowest BCUT2D eigenvalue weighted by atomic mass is 10.0. The fourth-order valence-electron chi connectivity index (χ4n) is 1.85. The second-order valence-electron chi connectivity index (χ2n) is 4.36. The van der Waals surface area contributed by atoms with Gasteiger partial charge in [-0.3, -0.25) is 0 Å². The molecule has 18 heavy (non-hydrogen) atoms. The maximum absolute atomic E-state index is 12.5. The molecule has 0 fully saturated rings. The van der Waals surface area contributed by atoms with E-state index in [9.17, 15) is 13.2 Å². The summed E-state index contributed by atoms with van der Waals surface area (Å²) < 4.78 is 42.8. The maximum Gasteiger partial charge on any atom is 0.416 e. The molecule has 1 atom stereocenters. The molecule has 98 valence electrons. The highest BCUT2D eigenvalue weighted by atomic mass is 19.4. The van der Waals surface area contributed by atoms with Crippen molar-refractivity contribution in [2.24, 2.45) is 0 Å². The molecule has 0 bridgehead atoms. The van der Waals surface area contributed by atoms with E-state index in [0.29, 0.717) is 0 Å². The summed E-state index contributed by atoms with van der Waals surface area (Å²) in [6.07, 6.45) is -2.09. The van der Waals surface area contributed by atoms with E-state index in [0.717, 1.165) is 29.5 Å². The number of rotatable bonds is 3. The number of nitrogens with one attached hydrogen (secondary N) is 1. The zero-order valence-corrected chi connectivity index (χ0v) is 10.1. The van der Waals surface area contributed by atoms with Gasteiger partial charge in [0.25, 0.3) is 0 Å². The van der Waals surface area contributed by atoms with E-state index in [1.54, 1.807) is 0 Å². The van der Waals surface area contributed by atoms with Gasteiger partial charge in [-0.15, -0.1) is 0 Å². The Morgan fingerprint density at radius 3 is 2.67 bits per heavy atom. The minimum Gasteiger partial charge on any atom is -0.464 e. The molecule has 5 heteroatoms. The Balaban J connectivity index is 2.38. The van der Waals surface area contributed by atoms with Crippen molar-refractivity contribution >= 4 is 11.0 Å². The van der Waals surface area contributed by atoms with Crippen LogP contribution in [0.2, 0.25) is 0 Å². The number of hydrogen-bond acceptors (Lipinski definition) is 2. The van der Waals surface area contributed by atoms with Gasteiger partial charge >= 0.3 is 6.18 Å². The quantitative estimate of drug-likeness (QED) is 0.908. The predicted molar refractivity (Wildman–Crippen MR) is 63.4 cm³/mol. The minimum absolute atomic E-state index is 0.244. The first-order chi connectivity index (χ1) is 8.41. The van der Waals surface area contributed by atoms with Crippen molar-refractivity contribution in [2.45, 2.75) is 25.6 Å². The van der Waals surface area contributed by atoms with Crippen LogP contribution in [-0.2, 0) is 12.6 Å². The van der Waals surface area contributed by atoms with Crippen LogP contribution in [0.4, 0.5) is 13.2 Å². The predicted octanol–water partition coefficient (Wildman–Crippen LogP) is 3.60. The maximum atomic E-state index is 12.5. The molecule has 0 spiro atoms. The van der Waals surface area contributed by atoms with Crippen molar-refractivity contribution in [1.29, 1.82) is 0 Å². The van der Waals surface area contributed by atoms with Crippen LogP contribution >= 0.6 is 0 Å². The summed E-state index contributed by atoms with van der Waals surface area (Å²) in [7, 11) is 1.84. The second-order valence-corrected chi connectivity index (χ2v) is 4.36. The molecule has 1 aromatic carbocycles. The highest BCUT2D eigenvalue weighted by Crippen LogP contribution is 2.33. The first kappa shape index (κ1) is 13.0. The van der Waals surface area contributed by atoms with Gasteiger partial charge in [-0.25, -0.2) is 0 Å². The normalized spacial score (nSPS) is 14.1. The molecule has 1 heterocycles. The Morgan fingerprint density at radius 2 is 2.06 bits per heavy atom. The largest absolute Gasteiger partial charge is 0.464 e. The van der Waals surface area contributed by atoms with E-state index in [4.69, 9.17) is 4.42 Å². The van der Waals surface area contributed by atoms with Gasteiger partial charge in [0.15, 0.2) is 0 Å². The molecule has 1 N–H and O–H groups in total. The molecule has 0 aliphatic rings. The lowest BCUT2D eigenvalue weighted by molar-refractivity contribution is -0.137. The van der Waals surface area contributed by atoms with Gasteiger partial charge in [0.1, 0.15) is 5.58 Å². The Morgan fingerprint density at radius 1 is 1.33 bits per heavy atom. The molecular formula is C13H14F3NO. The molecule has 2 aromatic rings. The summed E-state index contributed by atoms with van der Waals surface area (Å²) in [5.41, 5.74) is 0.515. The number of alkyl halides is 3. The van der Waals surface area contributed by atoms with E-state index in [-0.39, 0.29) is 11.6 Å². The summed E-state index contributed by atoms with van der Waals surface area (Å²) in [6.45, 7) is 2.00. The summed E-state index contributed by atoms with van der Waals surface area (Å²) >= 11 is 0. The third-order valence-electron chi connectivity index (χ3n) is 3.00. The average molecular weight is 257 g/mol. The van der Waals surface area contributed by atoms with E-state index in [2.05, 4.69) is 5.32 Å². The van der Waals surface area contributed by atoms with Crippen LogP contribution < -0.4 is 5.32 Å². The third-order valence-corrected chi connectivity index (χ3v) is 3.00. The molecule has 0 saturated heterocycles. The zero-order chi connectivity index (χ0) is 13.3. The van der Waals surface area contributed by atoms with E-state index >= 15 is 0 Å². The lowest BCUT2D eigenvalue weighted by Crippen LogP contribution is -2.23. The first-order valence-corrected chi connectivity index (χ1v) is 5.66. The molecule has 0 aliphatic heterocycles. The SMILES string of the molecule is CNC(C)Cc1coc2cc(C(F)(F)F)ccc12. The van der Waals surface area contributed by atoms with Gasteiger partial charge in [0, 0.05) is 11.4 Å². The first-order valence-electron chi connectivity index (χ1n) is 5.66. The van der Waals surface area contributed by atoms with Crippen molar-refractivity contribution in [3.8, 4) is 0 Å². The van der Waals surface area contributed by atoms with Crippen molar-refractivity contribution in [2.75, 3.05) is 7.05 Å². The van der Waals surface area contributed by atoms with E-state index in [1.807, 2.05) is 14.0 Å². The number of fused-ring (bicyclic) bond motifs is 1. The summed E-state index contributed by atoms with van der Waals surface area (Å²) in [4.78, 5) is 0. The topological polar surface area (TPSA) is 25.2 Å². The summed E-state index contributed by atoms with van der Waals surface area (Å²) in [5.74, 6) is 0. The van der Waals surface area contributed by atoms with Gasteiger partial charge in [-0.2, -0.15) is 13.2 Å². The number of hydrogen-bond donors (Lipinski definition) is 1. The molecule has 0 radical (unpaired) electrons. The Labute approximate surface area is 103 Å². The van der Waals surface area contributed by atoms with Crippen LogP contribution in [0.3, 0.4) is 0 Å². The van der Waals surface area contributed by atoms with Crippen LogP contribution in [0.15, 0.2) is 28.9 Å². The molecule has 2 nitrogen and oxygen atoms in total. The second kappa shape index (κ2) is 4.65. The molecule has 0 amide bonds. The average Bonchev–Trinajstić information content (AvgIpc) is 2.70. The van der Waals surface area contributed by atoms with E-state index < -0.39 is 11.7 Å². The molecule has 2 rings (SSSR count). The lowest BCUT2D eigenvalue weighted by Gasteiger charge is -2.08. The zero-order valence-electron chi connectivity index (χ0n) is 10.1. The highest BCUT2D eigenvalue weighted by Gasteiger charge is 2.31. The van der Waals surface area contributed by atoms with Crippen LogP contribution in [0.25, 0.3) is 11.0 Å². The number of benzene rings is 1. The highest BCUT2D eigenvalue weighted by molar-refractivity contribution is 5.81. The molecular weight excluding hydrogens is 243 g/mol. The number of furan rings is 1. The Kier molecular flexibility index (Phi) is 3.34. The Bertz CT molecular complexity index is 545. The fourth-order valence-corrected chi connectivity index (χ4v) is 1.85. The van der Waals surface area contributed by atoms with Crippen LogP contribution in [0, 0.1) is 0 Å². The number of likely N-dealkylation sites (N-methyl/N-ethyl adjacent to an activating group) is 1. The van der Waals surface area contributed by atoms with Crippen LogP contribution in [0.5, 0.6) is 0 Å². The van der Waals surface area contributed by atoms with Crippen molar-refractivity contribution in [3.05, 3.63) is 35.6 Å². The standard InChI is InChI=1S/C13H14F3NO/c1-8(17-2)5-9-7-18-12-6-10(13(14,15)16)3-4-11(9)12/h3-4,6-8,17H,5H2,1-2H3. The van der Waals surface area contributed by atoms with Crippen LogP contribution in [0.1, 0.15) is 18.1 Å². The van der Waals surface area contributed by atoms with Crippen molar-refractivity contribution in [3.63, 3.8) is 0 Å². The van der Waals surface area contributed by atoms with Gasteiger partial charge in [0.05, 0.1) is 11.8 Å². The number of halogens is 3. The molecule has 1 aromatic heterocycles. The van der Waals surface area contributed by atoms with Gasteiger partial charge in [0.2, 0.25) is 0 Å². The van der Waals surface area contributed by atoms with Crippen molar-refractivity contribution < 1.29 is 17.6 Å². The summed E-state index contributed by atoms with van der Waals surface area (Å²) in [5, 5.41) is 3.82. The molecule has 0 saturated carbocycles. The fraction of sp³-hybridized carbons (Fsp3) is 0.385. The molecule has 1 unspecified atom stereocenters. The monoisotopic (exact) mass is 257 g/mol. The minimum atomic E-state index is -4.33. The van der Waals surface area contributed by atoms with Gasteiger partial charge in [-0.05, 0) is 38.1 Å². The summed E-state index contributed by atoms with van der Waals surface area (Å²) in [6, 6.07) is 3.85. The third kappa shape index (κ3) is 2.51. The van der Waals surface area contributed by atoms with Gasteiger partial charge < -0.3 is 9.73 Å². The van der Waals surface area contributed by atoms with Crippen molar-refractivity contribution in [1.82, 2.24) is 5.32 Å². The van der Waals surface area contributed by atoms with E-state index in [1.165, 1.54) is 12.3 Å².